The van der Waals surface area contributed by atoms with Gasteiger partial charge in [-0.05, 0) is 12.8 Å². The molecule has 1 aliphatic rings. The SMILES string of the molecule is CCCCC(=O)COCC1C=CCC=C1. The van der Waals surface area contributed by atoms with Gasteiger partial charge in [-0.3, -0.25) is 4.79 Å². The van der Waals surface area contributed by atoms with Crippen LogP contribution in [0.2, 0.25) is 0 Å². The molecule has 15 heavy (non-hydrogen) atoms. The number of carbonyl (C=O) groups is 1. The summed E-state index contributed by atoms with van der Waals surface area (Å²) >= 11 is 0. The van der Waals surface area contributed by atoms with E-state index >= 15 is 0 Å². The largest absolute Gasteiger partial charge is 0.373 e. The van der Waals surface area contributed by atoms with Gasteiger partial charge in [0, 0.05) is 12.3 Å². The maximum atomic E-state index is 11.3. The summed E-state index contributed by atoms with van der Waals surface area (Å²) in [6.45, 7) is 2.99. The Balaban J connectivity index is 2.05. The van der Waals surface area contributed by atoms with Crippen molar-refractivity contribution in [3.05, 3.63) is 24.3 Å². The number of hydrogen-bond donors (Lipinski definition) is 0. The quantitative estimate of drug-likeness (QED) is 0.601. The monoisotopic (exact) mass is 208 g/mol. The average Bonchev–Trinajstić information content (AvgIpc) is 2.28. The summed E-state index contributed by atoms with van der Waals surface area (Å²) in [5.41, 5.74) is 0. The van der Waals surface area contributed by atoms with Crippen LogP contribution in [0.5, 0.6) is 0 Å². The fraction of sp³-hybridized carbons (Fsp3) is 0.615. The number of rotatable bonds is 7. The van der Waals surface area contributed by atoms with Gasteiger partial charge in [-0.15, -0.1) is 0 Å². The molecule has 1 aliphatic carbocycles. The molecule has 1 rings (SSSR count). The summed E-state index contributed by atoms with van der Waals surface area (Å²) in [6.07, 6.45) is 12.3. The molecule has 0 amide bonds. The second-order valence-corrected chi connectivity index (χ2v) is 3.91. The van der Waals surface area contributed by atoms with Crippen molar-refractivity contribution in [2.75, 3.05) is 13.2 Å². The van der Waals surface area contributed by atoms with Crippen LogP contribution in [-0.2, 0) is 9.53 Å². The van der Waals surface area contributed by atoms with Crippen molar-refractivity contribution in [1.82, 2.24) is 0 Å². The number of ether oxygens (including phenoxy) is 1. The molecule has 0 aromatic heterocycles. The van der Waals surface area contributed by atoms with Crippen molar-refractivity contribution in [1.29, 1.82) is 0 Å². The normalized spacial score (nSPS) is 15.8. The molecule has 0 aromatic carbocycles. The number of hydrogen-bond acceptors (Lipinski definition) is 2. The van der Waals surface area contributed by atoms with Gasteiger partial charge in [0.2, 0.25) is 0 Å². The first kappa shape index (κ1) is 12.2. The van der Waals surface area contributed by atoms with E-state index < -0.39 is 0 Å². The van der Waals surface area contributed by atoms with Crippen molar-refractivity contribution in [2.24, 2.45) is 5.92 Å². The molecule has 0 saturated carbocycles. The first-order valence-corrected chi connectivity index (χ1v) is 5.75. The molecule has 84 valence electrons. The van der Waals surface area contributed by atoms with Crippen LogP contribution in [0.4, 0.5) is 0 Å². The van der Waals surface area contributed by atoms with Gasteiger partial charge in [0.25, 0.3) is 0 Å². The second kappa shape index (κ2) is 7.41. The number of Topliss-reactive ketones (excluding diaryl/α,β-unsaturated/α-hetero) is 1. The zero-order chi connectivity index (χ0) is 10.9. The van der Waals surface area contributed by atoms with E-state index in [-0.39, 0.29) is 12.4 Å². The Hall–Kier alpha value is -0.890. The third-order valence-electron chi connectivity index (χ3n) is 2.42. The maximum Gasteiger partial charge on any atom is 0.158 e. The molecule has 0 fully saturated rings. The lowest BCUT2D eigenvalue weighted by atomic mass is 10.0. The third-order valence-corrected chi connectivity index (χ3v) is 2.42. The molecule has 0 unspecified atom stereocenters. The van der Waals surface area contributed by atoms with Crippen LogP contribution in [0, 0.1) is 5.92 Å². The number of allylic oxidation sites excluding steroid dienone is 2. The van der Waals surface area contributed by atoms with Crippen LogP contribution in [0.3, 0.4) is 0 Å². The van der Waals surface area contributed by atoms with E-state index in [4.69, 9.17) is 4.74 Å². The highest BCUT2D eigenvalue weighted by Crippen LogP contribution is 2.09. The molecule has 0 aliphatic heterocycles. The molecule has 0 spiro atoms. The molecule has 0 aromatic rings. The molecular weight excluding hydrogens is 188 g/mol. The van der Waals surface area contributed by atoms with Gasteiger partial charge >= 0.3 is 0 Å². The van der Waals surface area contributed by atoms with Gasteiger partial charge in [-0.25, -0.2) is 0 Å². The van der Waals surface area contributed by atoms with E-state index in [9.17, 15) is 4.79 Å². The van der Waals surface area contributed by atoms with Gasteiger partial charge in [0.1, 0.15) is 6.61 Å². The van der Waals surface area contributed by atoms with Gasteiger partial charge in [0.05, 0.1) is 6.61 Å². The fourth-order valence-electron chi connectivity index (χ4n) is 1.52. The van der Waals surface area contributed by atoms with Gasteiger partial charge in [0.15, 0.2) is 5.78 Å². The molecule has 0 heterocycles. The standard InChI is InChI=1S/C13H20O2/c1-2-3-9-13(14)11-15-10-12-7-5-4-6-8-12/h5-8,12H,2-4,9-11H2,1H3. The van der Waals surface area contributed by atoms with Crippen molar-refractivity contribution in [3.63, 3.8) is 0 Å². The van der Waals surface area contributed by atoms with Crippen LogP contribution in [-0.4, -0.2) is 19.0 Å². The number of unbranched alkanes of at least 4 members (excludes halogenated alkanes) is 1. The predicted molar refractivity (Wildman–Crippen MR) is 61.7 cm³/mol. The van der Waals surface area contributed by atoms with Crippen LogP contribution >= 0.6 is 0 Å². The Morgan fingerprint density at radius 1 is 1.40 bits per heavy atom. The van der Waals surface area contributed by atoms with Crippen molar-refractivity contribution >= 4 is 5.78 Å². The van der Waals surface area contributed by atoms with Crippen LogP contribution in [0.15, 0.2) is 24.3 Å². The Kier molecular flexibility index (Phi) is 6.02. The highest BCUT2D eigenvalue weighted by atomic mass is 16.5. The molecule has 2 nitrogen and oxygen atoms in total. The van der Waals surface area contributed by atoms with E-state index in [1.54, 1.807) is 0 Å². The first-order chi connectivity index (χ1) is 7.33. The molecular formula is C13H20O2. The van der Waals surface area contributed by atoms with E-state index in [1.165, 1.54) is 0 Å². The topological polar surface area (TPSA) is 26.3 Å². The molecule has 2 heteroatoms. The predicted octanol–water partition coefficient (Wildman–Crippen LogP) is 2.89. The molecule has 0 N–H and O–H groups in total. The minimum atomic E-state index is 0.223. The van der Waals surface area contributed by atoms with Gasteiger partial charge in [-0.1, -0.05) is 37.6 Å². The van der Waals surface area contributed by atoms with Gasteiger partial charge < -0.3 is 4.74 Å². The number of ketones is 1. The highest BCUT2D eigenvalue weighted by molar-refractivity contribution is 5.79. The Morgan fingerprint density at radius 3 is 2.80 bits per heavy atom. The lowest BCUT2D eigenvalue weighted by molar-refractivity contribution is -0.123. The minimum absolute atomic E-state index is 0.223. The highest BCUT2D eigenvalue weighted by Gasteiger charge is 2.05. The summed E-state index contributed by atoms with van der Waals surface area (Å²) in [6, 6.07) is 0. The zero-order valence-corrected chi connectivity index (χ0v) is 9.45. The first-order valence-electron chi connectivity index (χ1n) is 5.75. The Bertz CT molecular complexity index is 229. The minimum Gasteiger partial charge on any atom is -0.373 e. The maximum absolute atomic E-state index is 11.3. The van der Waals surface area contributed by atoms with Crippen molar-refractivity contribution in [2.45, 2.75) is 32.6 Å². The second-order valence-electron chi connectivity index (χ2n) is 3.91. The zero-order valence-electron chi connectivity index (χ0n) is 9.45. The van der Waals surface area contributed by atoms with E-state index in [2.05, 4.69) is 31.2 Å². The Labute approximate surface area is 92.0 Å². The van der Waals surface area contributed by atoms with Gasteiger partial charge in [-0.2, -0.15) is 0 Å². The average molecular weight is 208 g/mol. The lowest BCUT2D eigenvalue weighted by Crippen LogP contribution is -2.13. The lowest BCUT2D eigenvalue weighted by Gasteiger charge is -2.10. The summed E-state index contributed by atoms with van der Waals surface area (Å²) in [4.78, 5) is 11.3. The van der Waals surface area contributed by atoms with Crippen LogP contribution < -0.4 is 0 Å². The van der Waals surface area contributed by atoms with Crippen LogP contribution in [0.1, 0.15) is 32.6 Å². The van der Waals surface area contributed by atoms with Crippen molar-refractivity contribution in [3.8, 4) is 0 Å². The smallest absolute Gasteiger partial charge is 0.158 e. The van der Waals surface area contributed by atoms with E-state index in [0.29, 0.717) is 18.9 Å². The summed E-state index contributed by atoms with van der Waals surface area (Å²) < 4.78 is 5.38. The number of carbonyl (C=O) groups excluding carboxylic acids is 1. The summed E-state index contributed by atoms with van der Waals surface area (Å²) in [7, 11) is 0. The summed E-state index contributed by atoms with van der Waals surface area (Å²) in [5, 5.41) is 0. The molecule has 0 bridgehead atoms. The Morgan fingerprint density at radius 2 is 2.13 bits per heavy atom. The van der Waals surface area contributed by atoms with E-state index in [0.717, 1.165) is 19.3 Å². The molecule has 0 radical (unpaired) electrons. The molecule has 0 saturated heterocycles. The fourth-order valence-corrected chi connectivity index (χ4v) is 1.52. The molecule has 0 atom stereocenters. The third kappa shape index (κ3) is 5.53. The van der Waals surface area contributed by atoms with Crippen molar-refractivity contribution < 1.29 is 9.53 Å². The van der Waals surface area contributed by atoms with E-state index in [1.807, 2.05) is 0 Å². The van der Waals surface area contributed by atoms with Crippen LogP contribution in [0.25, 0.3) is 0 Å². The summed E-state index contributed by atoms with van der Waals surface area (Å²) in [5.74, 6) is 0.582.